The lowest BCUT2D eigenvalue weighted by atomic mass is 10.1. The first-order chi connectivity index (χ1) is 8.24. The van der Waals surface area contributed by atoms with Crippen LogP contribution in [-0.2, 0) is 0 Å². The van der Waals surface area contributed by atoms with Crippen LogP contribution in [0.25, 0.3) is 0 Å². The molecule has 4 nitrogen and oxygen atoms in total. The molecular weight excluding hydrogens is 232 g/mol. The van der Waals surface area contributed by atoms with Gasteiger partial charge in [-0.3, -0.25) is 4.90 Å². The molecule has 0 atom stereocenters. The molecule has 2 rings (SSSR count). The maximum Gasteiger partial charge on any atom is 0.205 e. The van der Waals surface area contributed by atoms with Crippen LogP contribution in [0.1, 0.15) is 26.7 Å². The van der Waals surface area contributed by atoms with Crippen molar-refractivity contribution in [3.05, 3.63) is 17.2 Å². The van der Waals surface area contributed by atoms with Crippen molar-refractivity contribution >= 4 is 16.5 Å². The summed E-state index contributed by atoms with van der Waals surface area (Å²) >= 11 is 1.58. The van der Waals surface area contributed by atoms with Gasteiger partial charge in [0.15, 0.2) is 0 Å². The average Bonchev–Trinajstić information content (AvgIpc) is 2.81. The number of allylic oxidation sites excluding steroid dienone is 1. The molecule has 1 aromatic heterocycles. The molecule has 1 aliphatic rings. The van der Waals surface area contributed by atoms with Gasteiger partial charge in [-0.05, 0) is 26.7 Å². The van der Waals surface area contributed by atoms with E-state index in [1.807, 2.05) is 0 Å². The number of hydrogen-bond donors (Lipinski definition) is 1. The molecule has 0 bridgehead atoms. The van der Waals surface area contributed by atoms with E-state index in [9.17, 15) is 0 Å². The van der Waals surface area contributed by atoms with Crippen LogP contribution in [0, 0.1) is 0 Å². The van der Waals surface area contributed by atoms with Gasteiger partial charge in [0.25, 0.3) is 0 Å². The van der Waals surface area contributed by atoms with Crippen LogP contribution in [0.15, 0.2) is 17.2 Å². The zero-order valence-electron chi connectivity index (χ0n) is 10.5. The number of likely N-dealkylation sites (tertiary alicyclic amines) is 1. The summed E-state index contributed by atoms with van der Waals surface area (Å²) < 4.78 is 0. The van der Waals surface area contributed by atoms with Gasteiger partial charge < -0.3 is 5.32 Å². The summed E-state index contributed by atoms with van der Waals surface area (Å²) in [6, 6.07) is 0.561. The third-order valence-electron chi connectivity index (χ3n) is 3.03. The van der Waals surface area contributed by atoms with E-state index in [1.54, 1.807) is 16.8 Å². The van der Waals surface area contributed by atoms with Gasteiger partial charge in [0.1, 0.15) is 5.51 Å². The van der Waals surface area contributed by atoms with E-state index in [1.165, 1.54) is 31.5 Å². The highest BCUT2D eigenvalue weighted by Crippen LogP contribution is 2.17. The van der Waals surface area contributed by atoms with E-state index in [-0.39, 0.29) is 0 Å². The summed E-state index contributed by atoms with van der Waals surface area (Å²) in [5.74, 6) is 0. The van der Waals surface area contributed by atoms with E-state index in [0.29, 0.717) is 6.04 Å². The highest BCUT2D eigenvalue weighted by molar-refractivity contribution is 7.13. The SMILES string of the molecule is CC(C)=CCN1CCC(Nc2nncs2)CC1. The Labute approximate surface area is 107 Å². The highest BCUT2D eigenvalue weighted by Gasteiger charge is 2.18. The van der Waals surface area contributed by atoms with Gasteiger partial charge in [0, 0.05) is 25.7 Å². The Hall–Kier alpha value is -0.940. The summed E-state index contributed by atoms with van der Waals surface area (Å²) in [5.41, 5.74) is 3.17. The molecular formula is C12H20N4S. The first-order valence-corrected chi connectivity index (χ1v) is 7.00. The van der Waals surface area contributed by atoms with Crippen molar-refractivity contribution in [3.63, 3.8) is 0 Å². The van der Waals surface area contributed by atoms with Crippen LogP contribution in [-0.4, -0.2) is 40.8 Å². The summed E-state index contributed by atoms with van der Waals surface area (Å²) in [6.07, 6.45) is 4.69. The Morgan fingerprint density at radius 2 is 2.29 bits per heavy atom. The number of piperidine rings is 1. The van der Waals surface area contributed by atoms with Crippen LogP contribution < -0.4 is 5.32 Å². The number of rotatable bonds is 4. The molecule has 5 heteroatoms. The smallest absolute Gasteiger partial charge is 0.205 e. The molecule has 2 heterocycles. The maximum absolute atomic E-state index is 4.02. The normalized spacial score (nSPS) is 18.0. The lowest BCUT2D eigenvalue weighted by Crippen LogP contribution is -2.39. The molecule has 0 spiro atoms. The van der Waals surface area contributed by atoms with Crippen molar-refractivity contribution in [2.24, 2.45) is 0 Å². The predicted octanol–water partition coefficient (Wildman–Crippen LogP) is 2.38. The molecule has 1 saturated heterocycles. The Bertz CT molecular complexity index is 349. The molecule has 94 valence electrons. The standard InChI is InChI=1S/C12H20N4S/c1-10(2)3-6-16-7-4-11(5-8-16)14-12-15-13-9-17-12/h3,9,11H,4-8H2,1-2H3,(H,14,15). The third-order valence-corrected chi connectivity index (χ3v) is 3.66. The molecule has 0 aromatic carbocycles. The maximum atomic E-state index is 4.02. The number of hydrogen-bond acceptors (Lipinski definition) is 5. The topological polar surface area (TPSA) is 41.0 Å². The Kier molecular flexibility index (Phi) is 4.50. The molecule has 17 heavy (non-hydrogen) atoms. The molecule has 0 saturated carbocycles. The number of nitrogens with one attached hydrogen (secondary N) is 1. The van der Waals surface area contributed by atoms with Crippen LogP contribution in [0.5, 0.6) is 0 Å². The van der Waals surface area contributed by atoms with Gasteiger partial charge in [0.2, 0.25) is 5.13 Å². The number of aromatic nitrogens is 2. The fraction of sp³-hybridized carbons (Fsp3) is 0.667. The molecule has 1 aliphatic heterocycles. The molecule has 0 amide bonds. The second-order valence-electron chi connectivity index (χ2n) is 4.74. The largest absolute Gasteiger partial charge is 0.357 e. The molecule has 1 aromatic rings. The molecule has 0 aliphatic carbocycles. The fourth-order valence-electron chi connectivity index (χ4n) is 1.98. The molecule has 0 radical (unpaired) electrons. The summed E-state index contributed by atoms with van der Waals surface area (Å²) in [6.45, 7) is 7.74. The predicted molar refractivity (Wildman–Crippen MR) is 72.4 cm³/mol. The monoisotopic (exact) mass is 252 g/mol. The van der Waals surface area contributed by atoms with Crippen molar-refractivity contribution in [1.82, 2.24) is 15.1 Å². The molecule has 0 unspecified atom stereocenters. The number of nitrogens with zero attached hydrogens (tertiary/aromatic N) is 3. The Balaban J connectivity index is 1.72. The Morgan fingerprint density at radius 3 is 2.88 bits per heavy atom. The lowest BCUT2D eigenvalue weighted by molar-refractivity contribution is 0.240. The average molecular weight is 252 g/mol. The van der Waals surface area contributed by atoms with Crippen molar-refractivity contribution in [3.8, 4) is 0 Å². The first kappa shape index (κ1) is 12.5. The van der Waals surface area contributed by atoms with Crippen LogP contribution in [0.3, 0.4) is 0 Å². The van der Waals surface area contributed by atoms with Gasteiger partial charge in [-0.25, -0.2) is 0 Å². The Morgan fingerprint density at radius 1 is 1.53 bits per heavy atom. The van der Waals surface area contributed by atoms with Crippen molar-refractivity contribution in [1.29, 1.82) is 0 Å². The first-order valence-electron chi connectivity index (χ1n) is 6.12. The molecule has 1 N–H and O–H groups in total. The fourth-order valence-corrected chi connectivity index (χ4v) is 2.51. The van der Waals surface area contributed by atoms with Crippen molar-refractivity contribution < 1.29 is 0 Å². The van der Waals surface area contributed by atoms with E-state index < -0.39 is 0 Å². The van der Waals surface area contributed by atoms with Gasteiger partial charge in [-0.2, -0.15) is 0 Å². The second-order valence-corrected chi connectivity index (χ2v) is 5.58. The minimum atomic E-state index is 0.561. The zero-order chi connectivity index (χ0) is 12.1. The highest BCUT2D eigenvalue weighted by atomic mass is 32.1. The van der Waals surface area contributed by atoms with Crippen molar-refractivity contribution in [2.45, 2.75) is 32.7 Å². The van der Waals surface area contributed by atoms with E-state index in [2.05, 4.69) is 40.3 Å². The van der Waals surface area contributed by atoms with Gasteiger partial charge in [-0.1, -0.05) is 23.0 Å². The lowest BCUT2D eigenvalue weighted by Gasteiger charge is -2.31. The summed E-state index contributed by atoms with van der Waals surface area (Å²) in [7, 11) is 0. The van der Waals surface area contributed by atoms with E-state index >= 15 is 0 Å². The minimum absolute atomic E-state index is 0.561. The summed E-state index contributed by atoms with van der Waals surface area (Å²) in [5, 5.41) is 12.3. The van der Waals surface area contributed by atoms with Gasteiger partial charge in [0.05, 0.1) is 0 Å². The molecule has 1 fully saturated rings. The number of anilines is 1. The third kappa shape index (κ3) is 4.09. The van der Waals surface area contributed by atoms with E-state index in [0.717, 1.165) is 11.7 Å². The van der Waals surface area contributed by atoms with Gasteiger partial charge >= 0.3 is 0 Å². The van der Waals surface area contributed by atoms with Crippen LogP contribution in [0.4, 0.5) is 5.13 Å². The van der Waals surface area contributed by atoms with Crippen LogP contribution >= 0.6 is 11.3 Å². The van der Waals surface area contributed by atoms with Gasteiger partial charge in [-0.15, -0.1) is 10.2 Å². The second kappa shape index (κ2) is 6.12. The minimum Gasteiger partial charge on any atom is -0.357 e. The van der Waals surface area contributed by atoms with Crippen LogP contribution in [0.2, 0.25) is 0 Å². The van der Waals surface area contributed by atoms with E-state index in [4.69, 9.17) is 0 Å². The van der Waals surface area contributed by atoms with Crippen molar-refractivity contribution in [2.75, 3.05) is 25.0 Å². The zero-order valence-corrected chi connectivity index (χ0v) is 11.3. The quantitative estimate of drug-likeness (QED) is 0.835. The summed E-state index contributed by atoms with van der Waals surface area (Å²) in [4.78, 5) is 2.51.